The summed E-state index contributed by atoms with van der Waals surface area (Å²) in [4.78, 5) is 42.8. The summed E-state index contributed by atoms with van der Waals surface area (Å²) in [5.74, 6) is -0.0359. The van der Waals surface area contributed by atoms with Gasteiger partial charge in [-0.05, 0) is 50.8 Å². The lowest BCUT2D eigenvalue weighted by Crippen LogP contribution is -2.53. The van der Waals surface area contributed by atoms with E-state index in [1.165, 1.54) is 19.4 Å². The Bertz CT molecular complexity index is 886. The van der Waals surface area contributed by atoms with Crippen molar-refractivity contribution >= 4 is 23.3 Å². The minimum absolute atomic E-state index is 0.108. The normalized spacial score (nSPS) is 20.9. The molecular weight excluding hydrogens is 435 g/mol. The number of likely N-dealkylation sites (tertiary alicyclic amines) is 1. The number of halogens is 1. The fraction of sp³-hybridized carbons (Fsp3) is 0.654. The zero-order valence-corrected chi connectivity index (χ0v) is 20.2. The first-order valence-corrected chi connectivity index (χ1v) is 12.8. The van der Waals surface area contributed by atoms with Gasteiger partial charge < -0.3 is 15.1 Å². The molecule has 0 aromatic heterocycles. The fourth-order valence-corrected chi connectivity index (χ4v) is 5.39. The SMILES string of the molecule is CC(=O)c1ccc(N2CCN(C(=O)CN3CCC(NC(=O)C4CCCCC4)CC3)CC2)c(F)c1. The first kappa shape index (κ1) is 24.6. The summed E-state index contributed by atoms with van der Waals surface area (Å²) in [6, 6.07) is 4.81. The van der Waals surface area contributed by atoms with E-state index < -0.39 is 5.82 Å². The smallest absolute Gasteiger partial charge is 0.236 e. The number of hydrogen-bond donors (Lipinski definition) is 1. The van der Waals surface area contributed by atoms with Crippen molar-refractivity contribution in [3.8, 4) is 0 Å². The van der Waals surface area contributed by atoms with Gasteiger partial charge >= 0.3 is 0 Å². The number of nitrogens with one attached hydrogen (secondary N) is 1. The lowest BCUT2D eigenvalue weighted by atomic mass is 9.88. The Morgan fingerprint density at radius 1 is 0.941 bits per heavy atom. The molecule has 3 fully saturated rings. The van der Waals surface area contributed by atoms with E-state index in [0.29, 0.717) is 44.0 Å². The minimum Gasteiger partial charge on any atom is -0.366 e. The predicted molar refractivity (Wildman–Crippen MR) is 129 cm³/mol. The highest BCUT2D eigenvalue weighted by atomic mass is 19.1. The zero-order chi connectivity index (χ0) is 24.1. The van der Waals surface area contributed by atoms with Gasteiger partial charge in [0, 0.05) is 56.8 Å². The molecule has 1 aromatic carbocycles. The Labute approximate surface area is 201 Å². The number of ketones is 1. The van der Waals surface area contributed by atoms with Crippen LogP contribution in [0.1, 0.15) is 62.2 Å². The lowest BCUT2D eigenvalue weighted by Gasteiger charge is -2.38. The molecule has 0 atom stereocenters. The number of rotatable bonds is 6. The molecule has 2 amide bonds. The highest BCUT2D eigenvalue weighted by Crippen LogP contribution is 2.25. The van der Waals surface area contributed by atoms with E-state index >= 15 is 0 Å². The molecule has 34 heavy (non-hydrogen) atoms. The molecule has 0 spiro atoms. The van der Waals surface area contributed by atoms with Crippen LogP contribution in [-0.2, 0) is 9.59 Å². The van der Waals surface area contributed by atoms with Crippen molar-refractivity contribution in [3.63, 3.8) is 0 Å². The van der Waals surface area contributed by atoms with Crippen LogP contribution in [-0.4, -0.2) is 79.3 Å². The van der Waals surface area contributed by atoms with Gasteiger partial charge in [-0.3, -0.25) is 19.3 Å². The van der Waals surface area contributed by atoms with Crippen molar-refractivity contribution in [3.05, 3.63) is 29.6 Å². The Balaban J connectivity index is 1.18. The summed E-state index contributed by atoms with van der Waals surface area (Å²) >= 11 is 0. The summed E-state index contributed by atoms with van der Waals surface area (Å²) < 4.78 is 14.5. The molecule has 3 aliphatic rings. The summed E-state index contributed by atoms with van der Waals surface area (Å²) in [6.45, 7) is 5.69. The average molecular weight is 473 g/mol. The number of nitrogens with zero attached hydrogens (tertiary/aromatic N) is 3. The first-order chi connectivity index (χ1) is 16.4. The molecule has 1 aromatic rings. The van der Waals surface area contributed by atoms with Gasteiger partial charge in [0.2, 0.25) is 11.8 Å². The van der Waals surface area contributed by atoms with Gasteiger partial charge in [-0.2, -0.15) is 0 Å². The van der Waals surface area contributed by atoms with Crippen molar-refractivity contribution in [1.29, 1.82) is 0 Å². The van der Waals surface area contributed by atoms with Crippen molar-refractivity contribution in [1.82, 2.24) is 15.1 Å². The quantitative estimate of drug-likeness (QED) is 0.645. The van der Waals surface area contributed by atoms with E-state index in [-0.39, 0.29) is 29.6 Å². The van der Waals surface area contributed by atoms with Crippen LogP contribution in [0.5, 0.6) is 0 Å². The lowest BCUT2D eigenvalue weighted by molar-refractivity contribution is -0.133. The molecule has 1 saturated carbocycles. The van der Waals surface area contributed by atoms with Gasteiger partial charge in [0.1, 0.15) is 5.82 Å². The maximum Gasteiger partial charge on any atom is 0.236 e. The number of hydrogen-bond acceptors (Lipinski definition) is 5. The van der Waals surface area contributed by atoms with Crippen LogP contribution < -0.4 is 10.2 Å². The summed E-state index contributed by atoms with van der Waals surface area (Å²) in [7, 11) is 0. The third kappa shape index (κ3) is 6.14. The van der Waals surface area contributed by atoms with Gasteiger partial charge in [0.05, 0.1) is 12.2 Å². The molecule has 8 heteroatoms. The number of piperazine rings is 1. The van der Waals surface area contributed by atoms with Crippen molar-refractivity contribution in [2.24, 2.45) is 5.92 Å². The monoisotopic (exact) mass is 472 g/mol. The van der Waals surface area contributed by atoms with Crippen LogP contribution in [0.3, 0.4) is 0 Å². The molecule has 0 radical (unpaired) electrons. The van der Waals surface area contributed by atoms with Crippen LogP contribution in [0, 0.1) is 11.7 Å². The van der Waals surface area contributed by atoms with Gasteiger partial charge in [-0.1, -0.05) is 19.3 Å². The zero-order valence-electron chi connectivity index (χ0n) is 20.2. The minimum atomic E-state index is -0.397. The Kier molecular flexibility index (Phi) is 8.19. The van der Waals surface area contributed by atoms with Crippen molar-refractivity contribution < 1.29 is 18.8 Å². The number of carbonyl (C=O) groups is 3. The van der Waals surface area contributed by atoms with Crippen molar-refractivity contribution in [2.45, 2.75) is 57.9 Å². The summed E-state index contributed by atoms with van der Waals surface area (Å²) in [6.07, 6.45) is 7.37. The standard InChI is InChI=1S/C26H37FN4O3/c1-19(32)21-7-8-24(23(27)17-21)30-13-15-31(16-14-30)25(33)18-29-11-9-22(10-12-29)28-26(34)20-5-3-2-4-6-20/h7-8,17,20,22H,2-6,9-16,18H2,1H3,(H,28,34). The molecule has 2 saturated heterocycles. The maximum atomic E-state index is 14.5. The van der Waals surface area contributed by atoms with Crippen LogP contribution in [0.25, 0.3) is 0 Å². The third-order valence-electron chi connectivity index (χ3n) is 7.60. The molecule has 0 bridgehead atoms. The first-order valence-electron chi connectivity index (χ1n) is 12.8. The second kappa shape index (κ2) is 11.3. The van der Waals surface area contributed by atoms with Gasteiger partial charge in [0.15, 0.2) is 5.78 Å². The van der Waals surface area contributed by atoms with Crippen LogP contribution in [0.4, 0.5) is 10.1 Å². The molecule has 1 N–H and O–H groups in total. The molecule has 0 unspecified atom stereocenters. The van der Waals surface area contributed by atoms with Crippen LogP contribution in [0.15, 0.2) is 18.2 Å². The van der Waals surface area contributed by atoms with Crippen LogP contribution in [0.2, 0.25) is 0 Å². The number of benzene rings is 1. The number of Topliss-reactive ketones (excluding diaryl/α,β-unsaturated/α-hetero) is 1. The van der Waals surface area contributed by atoms with Crippen LogP contribution >= 0.6 is 0 Å². The Morgan fingerprint density at radius 3 is 2.24 bits per heavy atom. The molecule has 7 nitrogen and oxygen atoms in total. The van der Waals surface area contributed by atoms with E-state index in [0.717, 1.165) is 51.6 Å². The predicted octanol–water partition coefficient (Wildman–Crippen LogP) is 2.84. The second-order valence-corrected chi connectivity index (χ2v) is 9.98. The number of amides is 2. The fourth-order valence-electron chi connectivity index (χ4n) is 5.39. The third-order valence-corrected chi connectivity index (χ3v) is 7.60. The molecule has 2 aliphatic heterocycles. The number of carbonyl (C=O) groups excluding carboxylic acids is 3. The topological polar surface area (TPSA) is 73.0 Å². The van der Waals surface area contributed by atoms with E-state index in [1.54, 1.807) is 12.1 Å². The van der Waals surface area contributed by atoms with Gasteiger partial charge in [-0.25, -0.2) is 4.39 Å². The molecular formula is C26H37FN4O3. The number of anilines is 1. The van der Waals surface area contributed by atoms with E-state index in [9.17, 15) is 18.8 Å². The average Bonchev–Trinajstić information content (AvgIpc) is 2.85. The second-order valence-electron chi connectivity index (χ2n) is 9.98. The summed E-state index contributed by atoms with van der Waals surface area (Å²) in [5.41, 5.74) is 0.849. The molecule has 2 heterocycles. The highest BCUT2D eigenvalue weighted by Gasteiger charge is 2.28. The molecule has 4 rings (SSSR count). The van der Waals surface area contributed by atoms with Crippen molar-refractivity contribution in [2.75, 3.05) is 50.7 Å². The maximum absolute atomic E-state index is 14.5. The van der Waals surface area contributed by atoms with E-state index in [2.05, 4.69) is 10.2 Å². The van der Waals surface area contributed by atoms with E-state index in [4.69, 9.17) is 0 Å². The highest BCUT2D eigenvalue weighted by molar-refractivity contribution is 5.94. The number of piperidine rings is 1. The van der Waals surface area contributed by atoms with Gasteiger partial charge in [0.25, 0.3) is 0 Å². The largest absolute Gasteiger partial charge is 0.366 e. The summed E-state index contributed by atoms with van der Waals surface area (Å²) in [5, 5.41) is 3.24. The Morgan fingerprint density at radius 2 is 1.62 bits per heavy atom. The van der Waals surface area contributed by atoms with E-state index in [1.807, 2.05) is 9.80 Å². The van der Waals surface area contributed by atoms with Gasteiger partial charge in [-0.15, -0.1) is 0 Å². The Hall–Kier alpha value is -2.48. The molecule has 186 valence electrons. The molecule has 1 aliphatic carbocycles.